The molecule has 0 bridgehead atoms. The molecule has 0 unspecified atom stereocenters. The van der Waals surface area contributed by atoms with E-state index in [4.69, 9.17) is 9.72 Å². The molecule has 1 aliphatic carbocycles. The lowest BCUT2D eigenvalue weighted by atomic mass is 9.96. The summed E-state index contributed by atoms with van der Waals surface area (Å²) in [5.41, 5.74) is 5.28. The van der Waals surface area contributed by atoms with Crippen molar-refractivity contribution < 1.29 is 14.3 Å². The molecule has 4 aromatic rings. The highest BCUT2D eigenvalue weighted by atomic mass is 16.6. The smallest absolute Gasteiger partial charge is 0.410 e. The molecule has 1 spiro atoms. The molecular weight excluding hydrogens is 600 g/mol. The number of fused-ring (bicyclic) bond motifs is 1. The van der Waals surface area contributed by atoms with Gasteiger partial charge in [0.1, 0.15) is 17.2 Å². The van der Waals surface area contributed by atoms with Crippen LogP contribution in [0.15, 0.2) is 48.7 Å². The molecule has 9 nitrogen and oxygen atoms in total. The van der Waals surface area contributed by atoms with Crippen molar-refractivity contribution >= 4 is 23.0 Å². The second kappa shape index (κ2) is 12.1. The molecule has 2 aromatic heterocycles. The van der Waals surface area contributed by atoms with Crippen LogP contribution in [-0.4, -0.2) is 60.4 Å². The van der Waals surface area contributed by atoms with Crippen LogP contribution >= 0.6 is 0 Å². The normalized spacial score (nSPS) is 20.7. The van der Waals surface area contributed by atoms with Gasteiger partial charge in [0.15, 0.2) is 0 Å². The van der Waals surface area contributed by atoms with Gasteiger partial charge in [0.25, 0.3) is 0 Å². The third-order valence-corrected chi connectivity index (χ3v) is 10.3. The molecule has 2 aliphatic heterocycles. The number of benzene rings is 2. The summed E-state index contributed by atoms with van der Waals surface area (Å²) in [6.07, 6.45) is 6.67. The number of aromatic nitrogens is 4. The standard InChI is InChI=1S/C39H46N6O3/c1-24(2)25(3)36(46)45-23-39(17-18-39)21-33(45)35-41-29-16-13-27(20-30(29)42-35)10-9-26-11-14-28(15-12-26)31-22-40-34(43-31)32-8-7-19-44(32)37(47)48-38(4,5)6/h11-16,20,22,24-25,32-33H,7-8,17-19,21,23H2,1-6H3,(H,40,43)(H,41,42)/t25-,32-,33-/m0/s1. The van der Waals surface area contributed by atoms with E-state index in [9.17, 15) is 9.59 Å². The number of imidazole rings is 2. The van der Waals surface area contributed by atoms with E-state index in [1.165, 1.54) is 12.8 Å². The fourth-order valence-corrected chi connectivity index (χ4v) is 7.00. The fourth-order valence-electron chi connectivity index (χ4n) is 7.00. The third kappa shape index (κ3) is 6.45. The van der Waals surface area contributed by atoms with Crippen LogP contribution in [0.25, 0.3) is 22.3 Å². The number of carbonyl (C=O) groups excluding carboxylic acids is 2. The number of ether oxygens (including phenoxy) is 1. The lowest BCUT2D eigenvalue weighted by molar-refractivity contribution is -0.137. The number of aromatic amines is 2. The van der Waals surface area contributed by atoms with E-state index in [0.717, 1.165) is 70.9 Å². The van der Waals surface area contributed by atoms with E-state index in [1.807, 2.05) is 76.4 Å². The van der Waals surface area contributed by atoms with Crippen molar-refractivity contribution in [3.63, 3.8) is 0 Å². The Kier molecular flexibility index (Phi) is 8.09. The third-order valence-electron chi connectivity index (χ3n) is 10.3. The second-order valence-corrected chi connectivity index (χ2v) is 15.4. The highest BCUT2D eigenvalue weighted by molar-refractivity contribution is 5.81. The summed E-state index contributed by atoms with van der Waals surface area (Å²) in [5, 5.41) is 0. The summed E-state index contributed by atoms with van der Waals surface area (Å²) in [6, 6.07) is 14.0. The molecule has 2 aromatic carbocycles. The van der Waals surface area contributed by atoms with Crippen molar-refractivity contribution in [1.82, 2.24) is 29.7 Å². The van der Waals surface area contributed by atoms with Gasteiger partial charge in [0.05, 0.1) is 35.0 Å². The Labute approximate surface area is 282 Å². The van der Waals surface area contributed by atoms with Crippen LogP contribution in [-0.2, 0) is 9.53 Å². The van der Waals surface area contributed by atoms with E-state index in [1.54, 1.807) is 4.90 Å². The summed E-state index contributed by atoms with van der Waals surface area (Å²) in [6.45, 7) is 13.4. The minimum Gasteiger partial charge on any atom is -0.444 e. The molecule has 3 aliphatic rings. The second-order valence-electron chi connectivity index (χ2n) is 15.4. The Bertz CT molecular complexity index is 1900. The number of nitrogens with one attached hydrogen (secondary N) is 2. The Morgan fingerprint density at radius 3 is 2.40 bits per heavy atom. The Balaban J connectivity index is 1.04. The average Bonchev–Trinajstić information content (AvgIpc) is 3.54. The number of hydrogen-bond acceptors (Lipinski definition) is 5. The van der Waals surface area contributed by atoms with Crippen LogP contribution in [0.4, 0.5) is 4.79 Å². The summed E-state index contributed by atoms with van der Waals surface area (Å²) in [4.78, 5) is 46.6. The highest BCUT2D eigenvalue weighted by Gasteiger charge is 2.54. The lowest BCUT2D eigenvalue weighted by Crippen LogP contribution is -2.37. The quantitative estimate of drug-likeness (QED) is 0.216. The van der Waals surface area contributed by atoms with Crippen LogP contribution in [0.5, 0.6) is 0 Å². The largest absolute Gasteiger partial charge is 0.444 e. The number of hydrogen-bond donors (Lipinski definition) is 2. The van der Waals surface area contributed by atoms with E-state index >= 15 is 0 Å². The zero-order chi connectivity index (χ0) is 33.8. The van der Waals surface area contributed by atoms with Crippen LogP contribution in [0.3, 0.4) is 0 Å². The van der Waals surface area contributed by atoms with Gasteiger partial charge in [-0.25, -0.2) is 14.8 Å². The topological polar surface area (TPSA) is 107 Å². The molecule has 9 heteroatoms. The first-order valence-corrected chi connectivity index (χ1v) is 17.4. The van der Waals surface area contributed by atoms with Gasteiger partial charge in [-0.05, 0) is 100 Å². The molecule has 7 rings (SSSR count). The number of carbonyl (C=O) groups is 2. The van der Waals surface area contributed by atoms with E-state index in [0.29, 0.717) is 12.5 Å². The lowest BCUT2D eigenvalue weighted by Gasteiger charge is -2.28. The van der Waals surface area contributed by atoms with Crippen molar-refractivity contribution in [2.45, 2.75) is 91.3 Å². The summed E-state index contributed by atoms with van der Waals surface area (Å²) in [7, 11) is 0. The first-order valence-electron chi connectivity index (χ1n) is 17.4. The van der Waals surface area contributed by atoms with Gasteiger partial charge in [-0.1, -0.05) is 44.7 Å². The van der Waals surface area contributed by atoms with Gasteiger partial charge in [-0.3, -0.25) is 9.69 Å². The highest BCUT2D eigenvalue weighted by Crippen LogP contribution is 2.58. The Morgan fingerprint density at radius 2 is 1.69 bits per heavy atom. The number of likely N-dealkylation sites (tertiary alicyclic amines) is 2. The van der Waals surface area contributed by atoms with Crippen molar-refractivity contribution in [1.29, 1.82) is 0 Å². The maximum Gasteiger partial charge on any atom is 0.410 e. The molecule has 2 N–H and O–H groups in total. The van der Waals surface area contributed by atoms with E-state index in [-0.39, 0.29) is 35.4 Å². The minimum atomic E-state index is -0.538. The summed E-state index contributed by atoms with van der Waals surface area (Å²) in [5.74, 6) is 8.80. The maximum absolute atomic E-state index is 13.4. The van der Waals surface area contributed by atoms with Gasteiger partial charge in [-0.15, -0.1) is 0 Å². The molecular formula is C39H46N6O3. The Morgan fingerprint density at radius 1 is 0.958 bits per heavy atom. The molecule has 3 atom stereocenters. The molecule has 48 heavy (non-hydrogen) atoms. The zero-order valence-corrected chi connectivity index (χ0v) is 28.9. The van der Waals surface area contributed by atoms with Crippen LogP contribution in [0.2, 0.25) is 0 Å². The predicted molar refractivity (Wildman–Crippen MR) is 186 cm³/mol. The molecule has 0 radical (unpaired) electrons. The monoisotopic (exact) mass is 646 g/mol. The Hall–Kier alpha value is -4.58. The first kappa shape index (κ1) is 32.0. The predicted octanol–water partition coefficient (Wildman–Crippen LogP) is 7.77. The van der Waals surface area contributed by atoms with Crippen LogP contribution in [0, 0.1) is 29.1 Å². The van der Waals surface area contributed by atoms with E-state index < -0.39 is 5.60 Å². The number of rotatable bonds is 5. The van der Waals surface area contributed by atoms with Crippen molar-refractivity contribution in [3.8, 4) is 23.1 Å². The first-order chi connectivity index (χ1) is 22.9. The van der Waals surface area contributed by atoms with Gasteiger partial charge in [0.2, 0.25) is 5.91 Å². The SMILES string of the molecule is CC(C)[C@H](C)C(=O)N1CC2(CC2)C[C@H]1c1nc2ccc(C#Cc3ccc(-c4cnc([C@@H]5CCCN5C(=O)OC(C)(C)C)[nH]4)cc3)cc2[nH]1. The molecule has 250 valence electrons. The van der Waals surface area contributed by atoms with Gasteiger partial charge in [0, 0.05) is 30.1 Å². The average molecular weight is 647 g/mol. The molecule has 1 saturated carbocycles. The zero-order valence-electron chi connectivity index (χ0n) is 28.9. The number of amides is 2. The van der Waals surface area contributed by atoms with E-state index in [2.05, 4.69) is 45.5 Å². The van der Waals surface area contributed by atoms with Gasteiger partial charge < -0.3 is 19.6 Å². The molecule has 2 saturated heterocycles. The fraction of sp³-hybridized carbons (Fsp3) is 0.487. The minimum absolute atomic E-state index is 0.00493. The summed E-state index contributed by atoms with van der Waals surface area (Å²) >= 11 is 0. The molecule has 3 fully saturated rings. The molecule has 2 amide bonds. The van der Waals surface area contributed by atoms with Crippen molar-refractivity contribution in [3.05, 3.63) is 71.4 Å². The summed E-state index contributed by atoms with van der Waals surface area (Å²) < 4.78 is 5.62. The van der Waals surface area contributed by atoms with Gasteiger partial charge >= 0.3 is 6.09 Å². The van der Waals surface area contributed by atoms with Crippen LogP contribution < -0.4 is 0 Å². The number of nitrogens with zero attached hydrogens (tertiary/aromatic N) is 4. The van der Waals surface area contributed by atoms with Crippen LogP contribution in [0.1, 0.15) is 109 Å². The maximum atomic E-state index is 13.4. The van der Waals surface area contributed by atoms with Crippen molar-refractivity contribution in [2.24, 2.45) is 17.3 Å². The molecule has 4 heterocycles. The number of H-pyrrole nitrogens is 2. The van der Waals surface area contributed by atoms with Gasteiger partial charge in [-0.2, -0.15) is 0 Å². The van der Waals surface area contributed by atoms with Crippen molar-refractivity contribution in [2.75, 3.05) is 13.1 Å².